The van der Waals surface area contributed by atoms with Gasteiger partial charge in [0.15, 0.2) is 0 Å². The van der Waals surface area contributed by atoms with E-state index < -0.39 is 0 Å². The zero-order chi connectivity index (χ0) is 17.8. The minimum absolute atomic E-state index is 0.507. The quantitative estimate of drug-likeness (QED) is 0.802. The molecule has 2 heterocycles. The van der Waals surface area contributed by atoms with Gasteiger partial charge in [-0.1, -0.05) is 6.92 Å². The Bertz CT molecular complexity index is 709. The molecule has 6 heteroatoms. The smallest absolute Gasteiger partial charge is 0.146 e. The van der Waals surface area contributed by atoms with Crippen LogP contribution in [0.25, 0.3) is 11.0 Å². The Labute approximate surface area is 149 Å². The highest BCUT2D eigenvalue weighted by molar-refractivity contribution is 5.92. The van der Waals surface area contributed by atoms with Gasteiger partial charge in [-0.05, 0) is 31.5 Å². The first-order valence-corrected chi connectivity index (χ1v) is 8.85. The van der Waals surface area contributed by atoms with Gasteiger partial charge in [0.1, 0.15) is 16.8 Å². The molecular formula is C19H28N4O2. The van der Waals surface area contributed by atoms with E-state index in [0.29, 0.717) is 12.0 Å². The van der Waals surface area contributed by atoms with Crippen LogP contribution in [0.5, 0.6) is 5.75 Å². The Kier molecular flexibility index (Phi) is 5.71. The molecule has 136 valence electrons. The minimum atomic E-state index is 0.507. The lowest BCUT2D eigenvalue weighted by molar-refractivity contribution is 0.124. The first kappa shape index (κ1) is 17.9. The second kappa shape index (κ2) is 7.97. The molecule has 0 spiro atoms. The highest BCUT2D eigenvalue weighted by atomic mass is 16.5. The van der Waals surface area contributed by atoms with E-state index in [-0.39, 0.29) is 0 Å². The third kappa shape index (κ3) is 3.85. The van der Waals surface area contributed by atoms with Gasteiger partial charge in [0.25, 0.3) is 0 Å². The largest absolute Gasteiger partial charge is 0.494 e. The van der Waals surface area contributed by atoms with Crippen LogP contribution in [0.2, 0.25) is 0 Å². The fourth-order valence-corrected chi connectivity index (χ4v) is 3.69. The fourth-order valence-electron chi connectivity index (χ4n) is 3.69. The second-order valence-corrected chi connectivity index (χ2v) is 6.91. The Morgan fingerprint density at radius 1 is 1.16 bits per heavy atom. The van der Waals surface area contributed by atoms with Gasteiger partial charge in [-0.25, -0.2) is 4.98 Å². The lowest BCUT2D eigenvalue weighted by Gasteiger charge is -2.42. The fraction of sp³-hybridized carbons (Fsp3) is 0.579. The van der Waals surface area contributed by atoms with Crippen molar-refractivity contribution in [3.05, 3.63) is 24.5 Å². The van der Waals surface area contributed by atoms with E-state index in [2.05, 4.69) is 39.8 Å². The number of nitrogens with zero attached hydrogens (tertiary/aromatic N) is 4. The number of ether oxygens (including phenoxy) is 2. The highest BCUT2D eigenvalue weighted by Gasteiger charge is 2.28. The standard InChI is InChI=1S/C19H28N4O2/c1-14-11-15(22(2)9-10-24-3)13-23(12-14)16-5-6-17(25-4)19-18(16)20-7-8-21-19/h5-8,14-15H,9-13H2,1-4H3/t14-,15+/m0/s1. The van der Waals surface area contributed by atoms with Crippen molar-refractivity contribution in [2.75, 3.05) is 52.4 Å². The molecule has 1 aromatic carbocycles. The molecule has 0 N–H and O–H groups in total. The van der Waals surface area contributed by atoms with Crippen LogP contribution in [0.4, 0.5) is 5.69 Å². The molecule has 1 aromatic heterocycles. The van der Waals surface area contributed by atoms with Crippen LogP contribution >= 0.6 is 0 Å². The predicted molar refractivity (Wildman–Crippen MR) is 100 cm³/mol. The molecule has 0 amide bonds. The number of rotatable bonds is 6. The molecule has 0 radical (unpaired) electrons. The van der Waals surface area contributed by atoms with Crippen molar-refractivity contribution in [3.8, 4) is 5.75 Å². The summed E-state index contributed by atoms with van der Waals surface area (Å²) in [6.07, 6.45) is 4.67. The molecule has 1 aliphatic rings. The van der Waals surface area contributed by atoms with Crippen molar-refractivity contribution in [1.29, 1.82) is 0 Å². The van der Waals surface area contributed by atoms with E-state index in [1.165, 1.54) is 6.42 Å². The monoisotopic (exact) mass is 344 g/mol. The Morgan fingerprint density at radius 2 is 1.92 bits per heavy atom. The van der Waals surface area contributed by atoms with Crippen molar-refractivity contribution in [2.24, 2.45) is 5.92 Å². The molecule has 0 bridgehead atoms. The minimum Gasteiger partial charge on any atom is -0.494 e. The lowest BCUT2D eigenvalue weighted by atomic mass is 9.94. The molecule has 25 heavy (non-hydrogen) atoms. The van der Waals surface area contributed by atoms with Gasteiger partial charge < -0.3 is 14.4 Å². The molecule has 3 rings (SSSR count). The first-order chi connectivity index (χ1) is 12.1. The molecule has 2 aromatic rings. The van der Waals surface area contributed by atoms with Crippen LogP contribution in [-0.4, -0.2) is 68.4 Å². The number of likely N-dealkylation sites (N-methyl/N-ethyl adjacent to an activating group) is 1. The maximum absolute atomic E-state index is 5.45. The summed E-state index contributed by atoms with van der Waals surface area (Å²) in [7, 11) is 5.62. The molecule has 1 saturated heterocycles. The van der Waals surface area contributed by atoms with E-state index in [4.69, 9.17) is 9.47 Å². The molecule has 1 fully saturated rings. The van der Waals surface area contributed by atoms with Crippen molar-refractivity contribution in [3.63, 3.8) is 0 Å². The van der Waals surface area contributed by atoms with Crippen molar-refractivity contribution in [2.45, 2.75) is 19.4 Å². The summed E-state index contributed by atoms with van der Waals surface area (Å²) < 4.78 is 10.7. The van der Waals surface area contributed by atoms with Gasteiger partial charge in [-0.2, -0.15) is 0 Å². The number of benzene rings is 1. The lowest BCUT2D eigenvalue weighted by Crippen LogP contribution is -2.50. The van der Waals surface area contributed by atoms with Gasteiger partial charge in [0.2, 0.25) is 0 Å². The Hall–Kier alpha value is -1.92. The van der Waals surface area contributed by atoms with E-state index in [9.17, 15) is 0 Å². The summed E-state index contributed by atoms with van der Waals surface area (Å²) in [4.78, 5) is 13.9. The molecule has 2 atom stereocenters. The SMILES string of the molecule is COCCN(C)[C@@H]1C[C@H](C)CN(c2ccc(OC)c3nccnc23)C1. The number of anilines is 1. The van der Waals surface area contributed by atoms with E-state index in [0.717, 1.165) is 48.7 Å². The van der Waals surface area contributed by atoms with Crippen LogP contribution in [-0.2, 0) is 4.74 Å². The molecule has 0 saturated carbocycles. The Balaban J connectivity index is 1.89. The van der Waals surface area contributed by atoms with Gasteiger partial charge >= 0.3 is 0 Å². The van der Waals surface area contributed by atoms with Gasteiger partial charge in [0, 0.05) is 45.2 Å². The maximum Gasteiger partial charge on any atom is 0.146 e. The normalized spacial score (nSPS) is 21.1. The van der Waals surface area contributed by atoms with Gasteiger partial charge in [-0.3, -0.25) is 9.88 Å². The number of methoxy groups -OCH3 is 2. The van der Waals surface area contributed by atoms with Gasteiger partial charge in [0.05, 0.1) is 19.4 Å². The summed E-state index contributed by atoms with van der Waals surface area (Å²) in [6, 6.07) is 4.61. The van der Waals surface area contributed by atoms with Crippen molar-refractivity contribution in [1.82, 2.24) is 14.9 Å². The average Bonchev–Trinajstić information content (AvgIpc) is 2.64. The van der Waals surface area contributed by atoms with Crippen molar-refractivity contribution < 1.29 is 9.47 Å². The zero-order valence-electron chi connectivity index (χ0n) is 15.6. The average molecular weight is 344 g/mol. The highest BCUT2D eigenvalue weighted by Crippen LogP contribution is 2.33. The second-order valence-electron chi connectivity index (χ2n) is 6.91. The Morgan fingerprint density at radius 3 is 2.64 bits per heavy atom. The number of hydrogen-bond donors (Lipinski definition) is 0. The topological polar surface area (TPSA) is 50.7 Å². The molecule has 0 aliphatic carbocycles. The number of piperidine rings is 1. The molecular weight excluding hydrogens is 316 g/mol. The first-order valence-electron chi connectivity index (χ1n) is 8.85. The van der Waals surface area contributed by atoms with Crippen molar-refractivity contribution >= 4 is 16.7 Å². The third-order valence-electron chi connectivity index (χ3n) is 5.04. The van der Waals surface area contributed by atoms with Crippen LogP contribution in [0, 0.1) is 5.92 Å². The molecule has 0 unspecified atom stereocenters. The summed E-state index contributed by atoms with van der Waals surface area (Å²) >= 11 is 0. The molecule has 1 aliphatic heterocycles. The van der Waals surface area contributed by atoms with E-state index in [1.54, 1.807) is 26.6 Å². The van der Waals surface area contributed by atoms with Crippen LogP contribution in [0.1, 0.15) is 13.3 Å². The van der Waals surface area contributed by atoms with Crippen LogP contribution < -0.4 is 9.64 Å². The number of fused-ring (bicyclic) bond motifs is 1. The van der Waals surface area contributed by atoms with E-state index >= 15 is 0 Å². The van der Waals surface area contributed by atoms with Gasteiger partial charge in [-0.15, -0.1) is 0 Å². The van der Waals surface area contributed by atoms with E-state index in [1.807, 2.05) is 6.07 Å². The third-order valence-corrected chi connectivity index (χ3v) is 5.04. The number of aromatic nitrogens is 2. The summed E-state index contributed by atoms with van der Waals surface area (Å²) in [5, 5.41) is 0. The van der Waals surface area contributed by atoms with Crippen LogP contribution in [0.3, 0.4) is 0 Å². The van der Waals surface area contributed by atoms with Crippen LogP contribution in [0.15, 0.2) is 24.5 Å². The predicted octanol–water partition coefficient (Wildman–Crippen LogP) is 2.43. The molecule has 6 nitrogen and oxygen atoms in total. The summed E-state index contributed by atoms with van der Waals surface area (Å²) in [5.74, 6) is 1.39. The maximum atomic E-state index is 5.45. The zero-order valence-corrected chi connectivity index (χ0v) is 15.6. The summed E-state index contributed by atoms with van der Waals surface area (Å²) in [5.41, 5.74) is 2.87. The summed E-state index contributed by atoms with van der Waals surface area (Å²) in [6.45, 7) is 6.05. The number of hydrogen-bond acceptors (Lipinski definition) is 6.